The number of rotatable bonds is 9. The van der Waals surface area contributed by atoms with Crippen LogP contribution in [0.25, 0.3) is 5.70 Å². The van der Waals surface area contributed by atoms with Crippen LogP contribution in [0.1, 0.15) is 32.8 Å². The van der Waals surface area contributed by atoms with Crippen molar-refractivity contribution >= 4 is 14.5 Å². The Labute approximate surface area is 135 Å². The molecule has 0 aliphatic carbocycles. The molecule has 1 atom stereocenters. The third kappa shape index (κ3) is 3.43. The summed E-state index contributed by atoms with van der Waals surface area (Å²) in [5.41, 5.74) is 2.33. The highest BCUT2D eigenvalue weighted by Crippen LogP contribution is 2.35. The molecule has 0 N–H and O–H groups in total. The third-order valence-corrected chi connectivity index (χ3v) is 7.41. The van der Waals surface area contributed by atoms with Crippen LogP contribution in [-0.4, -0.2) is 45.7 Å². The number of likely N-dealkylation sites (tertiary alicyclic amines) is 1. The van der Waals surface area contributed by atoms with E-state index in [4.69, 9.17) is 13.3 Å². The maximum Gasteiger partial charge on any atom is 0.524 e. The van der Waals surface area contributed by atoms with Gasteiger partial charge in [0.25, 0.3) is 0 Å². The van der Waals surface area contributed by atoms with Crippen LogP contribution in [0.15, 0.2) is 36.9 Å². The van der Waals surface area contributed by atoms with Crippen molar-refractivity contribution in [3.63, 3.8) is 0 Å². The van der Waals surface area contributed by atoms with E-state index in [1.807, 2.05) is 39.0 Å². The Morgan fingerprint density at radius 1 is 1.09 bits per heavy atom. The van der Waals surface area contributed by atoms with Crippen LogP contribution in [0.5, 0.6) is 0 Å². The first-order valence-corrected chi connectivity index (χ1v) is 9.91. The Hall–Kier alpha value is -1.14. The second-order valence-corrected chi connectivity index (χ2v) is 7.95. The van der Waals surface area contributed by atoms with Crippen LogP contribution >= 0.6 is 0 Å². The molecule has 0 saturated carbocycles. The summed E-state index contributed by atoms with van der Waals surface area (Å²) in [5.74, 6) is 0. The number of hydrogen-bond donors (Lipinski definition) is 0. The summed E-state index contributed by atoms with van der Waals surface area (Å²) in [5, 5.41) is 0. The first-order chi connectivity index (χ1) is 10.7. The Balaban J connectivity index is 2.19. The zero-order valence-electron chi connectivity index (χ0n) is 13.9. The molecule has 0 radical (unpaired) electrons. The standard InChI is InChI=1S/C17H27NO3Si/c1-5-19-22(20-6-2,21-7-3)17-13-14-18(17)15(4)16-11-9-8-10-12-16/h8-12,17H,4-7,13-14H2,1-3H3. The molecule has 5 heteroatoms. The highest BCUT2D eigenvalue weighted by molar-refractivity contribution is 6.63. The van der Waals surface area contributed by atoms with E-state index in [0.717, 1.165) is 24.2 Å². The SMILES string of the molecule is C=C(c1ccccc1)N1CCC1[Si](OCC)(OCC)OCC. The Morgan fingerprint density at radius 2 is 1.64 bits per heavy atom. The average molecular weight is 321 g/mol. The molecule has 2 rings (SSSR count). The van der Waals surface area contributed by atoms with E-state index in [0.29, 0.717) is 19.8 Å². The van der Waals surface area contributed by atoms with Crippen molar-refractivity contribution in [1.82, 2.24) is 4.90 Å². The second-order valence-electron chi connectivity index (χ2n) is 5.21. The zero-order chi connectivity index (χ0) is 16.0. The molecule has 1 fully saturated rings. The molecule has 0 bridgehead atoms. The molecule has 1 aliphatic heterocycles. The summed E-state index contributed by atoms with van der Waals surface area (Å²) in [4.78, 5) is 2.28. The van der Waals surface area contributed by atoms with Crippen molar-refractivity contribution in [3.8, 4) is 0 Å². The third-order valence-electron chi connectivity index (χ3n) is 3.92. The molecule has 0 aromatic heterocycles. The zero-order valence-corrected chi connectivity index (χ0v) is 14.9. The van der Waals surface area contributed by atoms with Gasteiger partial charge in [0.2, 0.25) is 0 Å². The van der Waals surface area contributed by atoms with Gasteiger partial charge in [-0.05, 0) is 32.8 Å². The summed E-state index contributed by atoms with van der Waals surface area (Å²) in [6.45, 7) is 13.0. The molecule has 0 amide bonds. The average Bonchev–Trinajstić information content (AvgIpc) is 2.47. The Morgan fingerprint density at radius 3 is 2.05 bits per heavy atom. The van der Waals surface area contributed by atoms with Gasteiger partial charge >= 0.3 is 8.80 Å². The Bertz CT molecular complexity index is 463. The second kappa shape index (κ2) is 7.92. The lowest BCUT2D eigenvalue weighted by molar-refractivity contribution is 0.0241. The van der Waals surface area contributed by atoms with Gasteiger partial charge in [0.05, 0.1) is 0 Å². The molecule has 4 nitrogen and oxygen atoms in total. The van der Waals surface area contributed by atoms with E-state index in [2.05, 4.69) is 23.6 Å². The predicted octanol–water partition coefficient (Wildman–Crippen LogP) is 3.32. The molecule has 1 saturated heterocycles. The van der Waals surface area contributed by atoms with E-state index in [1.165, 1.54) is 0 Å². The predicted molar refractivity (Wildman–Crippen MR) is 91.2 cm³/mol. The van der Waals surface area contributed by atoms with Crippen LogP contribution in [0.3, 0.4) is 0 Å². The molecule has 22 heavy (non-hydrogen) atoms. The monoisotopic (exact) mass is 321 g/mol. The van der Waals surface area contributed by atoms with E-state index in [1.54, 1.807) is 0 Å². The Kier molecular flexibility index (Phi) is 6.20. The fraction of sp³-hybridized carbons (Fsp3) is 0.529. The first kappa shape index (κ1) is 17.2. The van der Waals surface area contributed by atoms with Crippen molar-refractivity contribution < 1.29 is 13.3 Å². The summed E-state index contributed by atoms with van der Waals surface area (Å²) in [6, 6.07) is 10.3. The summed E-state index contributed by atoms with van der Waals surface area (Å²) in [6.07, 6.45) is 1.03. The van der Waals surface area contributed by atoms with E-state index < -0.39 is 8.80 Å². The van der Waals surface area contributed by atoms with Gasteiger partial charge in [-0.1, -0.05) is 36.9 Å². The van der Waals surface area contributed by atoms with Crippen LogP contribution in [-0.2, 0) is 13.3 Å². The molecule has 1 heterocycles. The van der Waals surface area contributed by atoms with Gasteiger partial charge in [0.15, 0.2) is 0 Å². The highest BCUT2D eigenvalue weighted by Gasteiger charge is 2.56. The minimum absolute atomic E-state index is 0.167. The maximum atomic E-state index is 6.04. The first-order valence-electron chi connectivity index (χ1n) is 8.11. The van der Waals surface area contributed by atoms with E-state index >= 15 is 0 Å². The number of hydrogen-bond acceptors (Lipinski definition) is 4. The number of nitrogens with zero attached hydrogens (tertiary/aromatic N) is 1. The van der Waals surface area contributed by atoms with Crippen LogP contribution in [0, 0.1) is 0 Å². The van der Waals surface area contributed by atoms with Crippen LogP contribution < -0.4 is 0 Å². The molecular formula is C17H27NO3Si. The van der Waals surface area contributed by atoms with Gasteiger partial charge in [0.1, 0.15) is 5.67 Å². The molecule has 1 unspecified atom stereocenters. The summed E-state index contributed by atoms with van der Waals surface area (Å²) < 4.78 is 18.1. The van der Waals surface area contributed by atoms with Crippen molar-refractivity contribution in [2.24, 2.45) is 0 Å². The smallest absolute Gasteiger partial charge is 0.373 e. The molecule has 0 spiro atoms. The van der Waals surface area contributed by atoms with Crippen molar-refractivity contribution in [2.45, 2.75) is 32.9 Å². The molecule has 1 aromatic rings. The van der Waals surface area contributed by atoms with Crippen LogP contribution in [0.2, 0.25) is 0 Å². The molecule has 1 aromatic carbocycles. The fourth-order valence-electron chi connectivity index (χ4n) is 2.89. The summed E-state index contributed by atoms with van der Waals surface area (Å²) in [7, 11) is -2.71. The largest absolute Gasteiger partial charge is 0.524 e. The van der Waals surface area contributed by atoms with Crippen molar-refractivity contribution in [2.75, 3.05) is 26.4 Å². The molecular weight excluding hydrogens is 294 g/mol. The van der Waals surface area contributed by atoms with Gasteiger partial charge in [0, 0.05) is 32.1 Å². The lowest BCUT2D eigenvalue weighted by atomic mass is 10.1. The van der Waals surface area contributed by atoms with Gasteiger partial charge < -0.3 is 18.2 Å². The van der Waals surface area contributed by atoms with Gasteiger partial charge in [-0.3, -0.25) is 0 Å². The van der Waals surface area contributed by atoms with Gasteiger partial charge in [-0.25, -0.2) is 0 Å². The van der Waals surface area contributed by atoms with E-state index in [-0.39, 0.29) is 5.67 Å². The number of benzene rings is 1. The van der Waals surface area contributed by atoms with Crippen molar-refractivity contribution in [1.29, 1.82) is 0 Å². The van der Waals surface area contributed by atoms with Crippen LogP contribution in [0.4, 0.5) is 0 Å². The minimum Gasteiger partial charge on any atom is -0.373 e. The maximum absolute atomic E-state index is 6.04. The quantitative estimate of drug-likeness (QED) is 0.653. The normalized spacial score (nSPS) is 18.1. The van der Waals surface area contributed by atoms with E-state index in [9.17, 15) is 0 Å². The topological polar surface area (TPSA) is 30.9 Å². The lowest BCUT2D eigenvalue weighted by Gasteiger charge is -2.49. The summed E-state index contributed by atoms with van der Waals surface area (Å²) >= 11 is 0. The van der Waals surface area contributed by atoms with Gasteiger partial charge in [-0.15, -0.1) is 0 Å². The van der Waals surface area contributed by atoms with Crippen molar-refractivity contribution in [3.05, 3.63) is 42.5 Å². The van der Waals surface area contributed by atoms with Gasteiger partial charge in [-0.2, -0.15) is 0 Å². The molecule has 122 valence electrons. The lowest BCUT2D eigenvalue weighted by Crippen LogP contribution is -2.68. The fourth-order valence-corrected chi connectivity index (χ4v) is 6.08. The highest BCUT2D eigenvalue weighted by atomic mass is 28.4. The minimum atomic E-state index is -2.71. The molecule has 1 aliphatic rings.